The van der Waals surface area contributed by atoms with Crippen LogP contribution in [0.4, 0.5) is 4.79 Å². The zero-order chi connectivity index (χ0) is 10.1. The summed E-state index contributed by atoms with van der Waals surface area (Å²) < 4.78 is 5.00. The van der Waals surface area contributed by atoms with E-state index in [0.717, 1.165) is 25.7 Å². The van der Waals surface area contributed by atoms with Crippen molar-refractivity contribution < 1.29 is 14.6 Å². The van der Waals surface area contributed by atoms with Crippen LogP contribution in [0.25, 0.3) is 0 Å². The molecule has 2 aliphatic rings. The van der Waals surface area contributed by atoms with Crippen molar-refractivity contribution in [1.29, 1.82) is 0 Å². The summed E-state index contributed by atoms with van der Waals surface area (Å²) in [6.07, 6.45) is 3.04. The van der Waals surface area contributed by atoms with Crippen molar-refractivity contribution in [3.63, 3.8) is 0 Å². The van der Waals surface area contributed by atoms with Crippen LogP contribution in [-0.2, 0) is 4.74 Å². The van der Waals surface area contributed by atoms with Crippen LogP contribution in [0.1, 0.15) is 32.6 Å². The standard InChI is InChI=1S/C10H17NO3/c1-2-14-10(13)11-7-3-4-8(11)6-9(12)5-7/h7-9,12H,2-6H2,1H3/t7-,8+,9?. The lowest BCUT2D eigenvalue weighted by Gasteiger charge is -2.36. The summed E-state index contributed by atoms with van der Waals surface area (Å²) in [4.78, 5) is 13.4. The van der Waals surface area contributed by atoms with E-state index in [-0.39, 0.29) is 24.3 Å². The van der Waals surface area contributed by atoms with Crippen molar-refractivity contribution >= 4 is 6.09 Å². The van der Waals surface area contributed by atoms with Gasteiger partial charge in [0, 0.05) is 12.1 Å². The topological polar surface area (TPSA) is 49.8 Å². The van der Waals surface area contributed by atoms with Crippen molar-refractivity contribution in [2.45, 2.75) is 50.8 Å². The first-order valence-corrected chi connectivity index (χ1v) is 5.35. The summed E-state index contributed by atoms with van der Waals surface area (Å²) in [6.45, 7) is 2.25. The maximum Gasteiger partial charge on any atom is 0.410 e. The van der Waals surface area contributed by atoms with E-state index in [2.05, 4.69) is 0 Å². The molecule has 0 aliphatic carbocycles. The van der Waals surface area contributed by atoms with E-state index >= 15 is 0 Å². The largest absolute Gasteiger partial charge is 0.450 e. The highest BCUT2D eigenvalue weighted by molar-refractivity contribution is 5.69. The van der Waals surface area contributed by atoms with E-state index in [0.29, 0.717) is 6.61 Å². The van der Waals surface area contributed by atoms with Gasteiger partial charge in [-0.3, -0.25) is 0 Å². The minimum Gasteiger partial charge on any atom is -0.450 e. The normalized spacial score (nSPS) is 35.9. The van der Waals surface area contributed by atoms with Gasteiger partial charge in [-0.15, -0.1) is 0 Å². The van der Waals surface area contributed by atoms with E-state index in [4.69, 9.17) is 4.74 Å². The number of hydrogen-bond donors (Lipinski definition) is 1. The molecule has 0 aromatic rings. The zero-order valence-electron chi connectivity index (χ0n) is 8.48. The van der Waals surface area contributed by atoms with E-state index in [9.17, 15) is 9.90 Å². The quantitative estimate of drug-likeness (QED) is 0.688. The molecule has 2 bridgehead atoms. The molecule has 14 heavy (non-hydrogen) atoms. The number of hydrogen-bond acceptors (Lipinski definition) is 3. The maximum absolute atomic E-state index is 11.6. The minimum atomic E-state index is -0.224. The highest BCUT2D eigenvalue weighted by atomic mass is 16.6. The Bertz CT molecular complexity index is 217. The summed E-state index contributed by atoms with van der Waals surface area (Å²) in [5, 5.41) is 9.54. The molecule has 1 N–H and O–H groups in total. The molecule has 4 nitrogen and oxygen atoms in total. The number of rotatable bonds is 1. The van der Waals surface area contributed by atoms with Gasteiger partial charge in [0.1, 0.15) is 0 Å². The smallest absolute Gasteiger partial charge is 0.410 e. The van der Waals surface area contributed by atoms with Crippen LogP contribution in [0.5, 0.6) is 0 Å². The molecule has 1 unspecified atom stereocenters. The lowest BCUT2D eigenvalue weighted by Crippen LogP contribution is -2.48. The van der Waals surface area contributed by atoms with Gasteiger partial charge in [-0.2, -0.15) is 0 Å². The molecule has 3 atom stereocenters. The van der Waals surface area contributed by atoms with Crippen molar-refractivity contribution in [3.05, 3.63) is 0 Å². The molecule has 2 heterocycles. The third kappa shape index (κ3) is 1.59. The SMILES string of the molecule is CCOC(=O)N1[C@@H]2CC[C@H]1CC(O)C2. The van der Waals surface area contributed by atoms with Gasteiger partial charge >= 0.3 is 6.09 Å². The Morgan fingerprint density at radius 3 is 2.50 bits per heavy atom. The molecule has 0 radical (unpaired) electrons. The van der Waals surface area contributed by atoms with Gasteiger partial charge < -0.3 is 14.7 Å². The number of fused-ring (bicyclic) bond motifs is 2. The highest BCUT2D eigenvalue weighted by Crippen LogP contribution is 2.35. The molecule has 2 fully saturated rings. The number of aliphatic hydroxyl groups excluding tert-OH is 1. The van der Waals surface area contributed by atoms with Crippen molar-refractivity contribution in [2.75, 3.05) is 6.61 Å². The molecule has 80 valence electrons. The van der Waals surface area contributed by atoms with Crippen molar-refractivity contribution in [1.82, 2.24) is 4.90 Å². The monoisotopic (exact) mass is 199 g/mol. The Kier molecular flexibility index (Phi) is 2.63. The molecule has 1 amide bonds. The van der Waals surface area contributed by atoms with Gasteiger partial charge in [-0.1, -0.05) is 0 Å². The van der Waals surface area contributed by atoms with Crippen LogP contribution < -0.4 is 0 Å². The Morgan fingerprint density at radius 2 is 2.00 bits per heavy atom. The van der Waals surface area contributed by atoms with Crippen LogP contribution in [0.3, 0.4) is 0 Å². The fourth-order valence-electron chi connectivity index (χ4n) is 2.64. The van der Waals surface area contributed by atoms with Crippen LogP contribution in [0, 0.1) is 0 Å². The summed E-state index contributed by atoms with van der Waals surface area (Å²) in [7, 11) is 0. The molecule has 4 heteroatoms. The van der Waals surface area contributed by atoms with E-state index < -0.39 is 0 Å². The Morgan fingerprint density at radius 1 is 1.43 bits per heavy atom. The second-order valence-corrected chi connectivity index (χ2v) is 4.12. The van der Waals surface area contributed by atoms with Gasteiger partial charge in [0.25, 0.3) is 0 Å². The average molecular weight is 199 g/mol. The molecule has 0 aromatic carbocycles. The van der Waals surface area contributed by atoms with Gasteiger partial charge in [0.2, 0.25) is 0 Å². The fourth-order valence-corrected chi connectivity index (χ4v) is 2.64. The van der Waals surface area contributed by atoms with Gasteiger partial charge in [0.05, 0.1) is 12.7 Å². The highest BCUT2D eigenvalue weighted by Gasteiger charge is 2.43. The molecular formula is C10H17NO3. The number of aliphatic hydroxyl groups is 1. The van der Waals surface area contributed by atoms with Gasteiger partial charge in [0.15, 0.2) is 0 Å². The first-order valence-electron chi connectivity index (χ1n) is 5.35. The van der Waals surface area contributed by atoms with Gasteiger partial charge in [-0.25, -0.2) is 4.79 Å². The molecule has 0 aromatic heterocycles. The molecule has 2 rings (SSSR count). The Labute approximate surface area is 83.8 Å². The van der Waals surface area contributed by atoms with E-state index in [1.807, 2.05) is 11.8 Å². The third-order valence-electron chi connectivity index (χ3n) is 3.19. The lowest BCUT2D eigenvalue weighted by molar-refractivity contribution is 0.0262. The van der Waals surface area contributed by atoms with Gasteiger partial charge in [-0.05, 0) is 32.6 Å². The number of piperidine rings is 1. The molecule has 2 saturated heterocycles. The average Bonchev–Trinajstić information content (AvgIpc) is 2.39. The predicted molar refractivity (Wildman–Crippen MR) is 50.9 cm³/mol. The summed E-state index contributed by atoms with van der Waals surface area (Å²) in [5.74, 6) is 0. The lowest BCUT2D eigenvalue weighted by atomic mass is 10.0. The van der Waals surface area contributed by atoms with Crippen molar-refractivity contribution in [2.24, 2.45) is 0 Å². The molecule has 0 saturated carbocycles. The number of amides is 1. The third-order valence-corrected chi connectivity index (χ3v) is 3.19. The van der Waals surface area contributed by atoms with E-state index in [1.54, 1.807) is 0 Å². The first kappa shape index (κ1) is 9.77. The van der Waals surface area contributed by atoms with Crippen LogP contribution >= 0.6 is 0 Å². The van der Waals surface area contributed by atoms with Crippen LogP contribution in [-0.4, -0.2) is 40.9 Å². The Balaban J connectivity index is 2.03. The predicted octanol–water partition coefficient (Wildman–Crippen LogP) is 1.13. The number of ether oxygens (including phenoxy) is 1. The van der Waals surface area contributed by atoms with Crippen LogP contribution in [0.15, 0.2) is 0 Å². The minimum absolute atomic E-state index is 0.202. The summed E-state index contributed by atoms with van der Waals surface area (Å²) in [5.41, 5.74) is 0. The van der Waals surface area contributed by atoms with E-state index in [1.165, 1.54) is 0 Å². The fraction of sp³-hybridized carbons (Fsp3) is 0.900. The molecule has 2 aliphatic heterocycles. The van der Waals surface area contributed by atoms with Crippen LogP contribution in [0.2, 0.25) is 0 Å². The Hall–Kier alpha value is -0.770. The molecule has 0 spiro atoms. The zero-order valence-corrected chi connectivity index (χ0v) is 8.48. The maximum atomic E-state index is 11.6. The second-order valence-electron chi connectivity index (χ2n) is 4.12. The summed E-state index contributed by atoms with van der Waals surface area (Å²) in [6, 6.07) is 0.422. The second kappa shape index (κ2) is 3.77. The number of carbonyl (C=O) groups excluding carboxylic acids is 1. The van der Waals surface area contributed by atoms with Crippen molar-refractivity contribution in [3.8, 4) is 0 Å². The first-order chi connectivity index (χ1) is 6.72. The number of nitrogens with zero attached hydrogens (tertiary/aromatic N) is 1. The molecular weight excluding hydrogens is 182 g/mol. The summed E-state index contributed by atoms with van der Waals surface area (Å²) >= 11 is 0. The number of carbonyl (C=O) groups is 1.